The van der Waals surface area contributed by atoms with Crippen LogP contribution in [-0.4, -0.2) is 23.5 Å². The van der Waals surface area contributed by atoms with E-state index >= 15 is 0 Å². The first-order chi connectivity index (χ1) is 15.1. The maximum absolute atomic E-state index is 14.1. The van der Waals surface area contributed by atoms with E-state index in [1.54, 1.807) is 61.9 Å². The van der Waals surface area contributed by atoms with Crippen molar-refractivity contribution in [3.63, 3.8) is 0 Å². The largest absolute Gasteiger partial charge is 0.444 e. The maximum atomic E-state index is 14.1. The summed E-state index contributed by atoms with van der Waals surface area (Å²) in [6.45, 7) is 5.07. The number of rotatable bonds is 5. The minimum atomic E-state index is -0.818. The second-order valence-corrected chi connectivity index (χ2v) is 8.57. The lowest BCUT2D eigenvalue weighted by atomic mass is 10.1. The van der Waals surface area contributed by atoms with Crippen LogP contribution in [0.5, 0.6) is 0 Å². The molecule has 7 nitrogen and oxygen atoms in total. The molecule has 9 heteroatoms. The molecule has 0 aliphatic carbocycles. The monoisotopic (exact) mass is 455 g/mol. The van der Waals surface area contributed by atoms with E-state index in [1.165, 1.54) is 23.5 Å². The van der Waals surface area contributed by atoms with E-state index in [0.29, 0.717) is 11.3 Å². The fraction of sp³-hybridized carbons (Fsp3) is 0.174. The Balaban J connectivity index is 1.75. The van der Waals surface area contributed by atoms with Crippen molar-refractivity contribution in [2.75, 3.05) is 16.0 Å². The van der Waals surface area contributed by atoms with Crippen LogP contribution in [-0.2, 0) is 4.74 Å². The Bertz CT molecular complexity index is 1140. The molecule has 0 aliphatic heterocycles. The molecule has 3 N–H and O–H groups in total. The van der Waals surface area contributed by atoms with E-state index in [0.717, 1.165) is 6.07 Å². The van der Waals surface area contributed by atoms with Crippen molar-refractivity contribution >= 4 is 46.3 Å². The molecule has 32 heavy (non-hydrogen) atoms. The summed E-state index contributed by atoms with van der Waals surface area (Å²) in [5, 5.41) is 11.2. The van der Waals surface area contributed by atoms with Crippen LogP contribution in [0.4, 0.5) is 26.2 Å². The molecule has 3 aromatic rings. The number of nitrogens with one attached hydrogen (secondary N) is 3. The highest BCUT2D eigenvalue weighted by molar-refractivity contribution is 7.08. The quantitative estimate of drug-likeness (QED) is 0.457. The highest BCUT2D eigenvalue weighted by Gasteiger charge is 2.19. The zero-order chi connectivity index (χ0) is 23.3. The molecule has 0 unspecified atom stereocenters. The minimum absolute atomic E-state index is 0.143. The lowest BCUT2D eigenvalue weighted by Gasteiger charge is -2.20. The van der Waals surface area contributed by atoms with Crippen LogP contribution in [0.15, 0.2) is 59.3 Å². The van der Waals surface area contributed by atoms with E-state index in [-0.39, 0.29) is 22.8 Å². The minimum Gasteiger partial charge on any atom is -0.444 e. The van der Waals surface area contributed by atoms with Gasteiger partial charge >= 0.3 is 6.09 Å². The number of para-hydroxylation sites is 1. The molecule has 3 amide bonds. The SMILES string of the molecule is CC(C)(C)OC(=O)Nc1cc(NC(=O)c2ccccc2NC(=O)c2ccsc2)ccc1F. The molecule has 1 aromatic heterocycles. The molecule has 166 valence electrons. The average Bonchev–Trinajstić information content (AvgIpc) is 3.24. The molecular formula is C23H22FN3O4S. The van der Waals surface area contributed by atoms with Crippen molar-refractivity contribution in [2.45, 2.75) is 26.4 Å². The van der Waals surface area contributed by atoms with Crippen LogP contribution in [0, 0.1) is 5.82 Å². The predicted molar refractivity (Wildman–Crippen MR) is 123 cm³/mol. The number of halogens is 1. The van der Waals surface area contributed by atoms with Gasteiger partial charge in [0.2, 0.25) is 0 Å². The van der Waals surface area contributed by atoms with Crippen molar-refractivity contribution in [1.82, 2.24) is 0 Å². The summed E-state index contributed by atoms with van der Waals surface area (Å²) in [5.74, 6) is -1.53. The van der Waals surface area contributed by atoms with Gasteiger partial charge in [-0.05, 0) is 62.5 Å². The molecule has 0 fully saturated rings. The van der Waals surface area contributed by atoms with Crippen LogP contribution in [0.1, 0.15) is 41.5 Å². The fourth-order valence-corrected chi connectivity index (χ4v) is 3.33. The number of anilines is 3. The fourth-order valence-electron chi connectivity index (χ4n) is 2.69. The molecule has 2 aromatic carbocycles. The maximum Gasteiger partial charge on any atom is 0.412 e. The van der Waals surface area contributed by atoms with Crippen molar-refractivity contribution in [2.24, 2.45) is 0 Å². The number of thiophene rings is 1. The van der Waals surface area contributed by atoms with E-state index in [4.69, 9.17) is 4.74 Å². The first kappa shape index (κ1) is 23.0. The Hall–Kier alpha value is -3.72. The number of hydrogen-bond donors (Lipinski definition) is 3. The third kappa shape index (κ3) is 6.14. The van der Waals surface area contributed by atoms with Gasteiger partial charge in [0.05, 0.1) is 22.5 Å². The Morgan fingerprint density at radius 1 is 0.906 bits per heavy atom. The molecule has 1 heterocycles. The van der Waals surface area contributed by atoms with Crippen LogP contribution >= 0.6 is 11.3 Å². The van der Waals surface area contributed by atoms with Crippen LogP contribution in [0.25, 0.3) is 0 Å². The van der Waals surface area contributed by atoms with Gasteiger partial charge in [-0.3, -0.25) is 14.9 Å². The summed E-state index contributed by atoms with van der Waals surface area (Å²) in [6.07, 6.45) is -0.818. The summed E-state index contributed by atoms with van der Waals surface area (Å²) < 4.78 is 19.3. The van der Waals surface area contributed by atoms with Gasteiger partial charge in [-0.25, -0.2) is 9.18 Å². The van der Waals surface area contributed by atoms with Crippen LogP contribution < -0.4 is 16.0 Å². The van der Waals surface area contributed by atoms with Crippen molar-refractivity contribution in [3.8, 4) is 0 Å². The summed E-state index contributed by atoms with van der Waals surface area (Å²) in [6, 6.07) is 12.0. The van der Waals surface area contributed by atoms with Gasteiger partial charge in [-0.2, -0.15) is 11.3 Å². The number of hydrogen-bond acceptors (Lipinski definition) is 5. The van der Waals surface area contributed by atoms with Gasteiger partial charge in [0, 0.05) is 11.1 Å². The molecule has 0 saturated carbocycles. The summed E-state index contributed by atoms with van der Waals surface area (Å²) >= 11 is 1.39. The number of carbonyl (C=O) groups excluding carboxylic acids is 3. The standard InChI is InChI=1S/C23H22FN3O4S/c1-23(2,3)31-22(30)27-19-12-15(8-9-17(19)24)25-21(29)16-6-4-5-7-18(16)26-20(28)14-10-11-32-13-14/h4-13H,1-3H3,(H,25,29)(H,26,28)(H,27,30). The molecule has 0 aliphatic rings. The molecule has 0 atom stereocenters. The molecule has 0 radical (unpaired) electrons. The van der Waals surface area contributed by atoms with E-state index in [9.17, 15) is 18.8 Å². The summed E-state index contributed by atoms with van der Waals surface area (Å²) in [5.41, 5.74) is 0.403. The third-order valence-corrected chi connectivity index (χ3v) is 4.75. The zero-order valence-corrected chi connectivity index (χ0v) is 18.5. The average molecular weight is 456 g/mol. The van der Waals surface area contributed by atoms with Gasteiger partial charge in [0.25, 0.3) is 11.8 Å². The number of amides is 3. The summed E-state index contributed by atoms with van der Waals surface area (Å²) in [7, 11) is 0. The van der Waals surface area contributed by atoms with Gasteiger partial charge in [-0.1, -0.05) is 12.1 Å². The highest BCUT2D eigenvalue weighted by atomic mass is 32.1. The van der Waals surface area contributed by atoms with Gasteiger partial charge in [0.15, 0.2) is 0 Å². The second-order valence-electron chi connectivity index (χ2n) is 7.79. The molecule has 3 rings (SSSR count). The zero-order valence-electron chi connectivity index (χ0n) is 17.7. The van der Waals surface area contributed by atoms with Crippen LogP contribution in [0.3, 0.4) is 0 Å². The second kappa shape index (κ2) is 9.61. The number of ether oxygens (including phenoxy) is 1. The van der Waals surface area contributed by atoms with Crippen molar-refractivity contribution < 1.29 is 23.5 Å². The molecular weight excluding hydrogens is 433 g/mol. The summed E-state index contributed by atoms with van der Waals surface area (Å²) in [4.78, 5) is 37.2. The number of benzene rings is 2. The smallest absolute Gasteiger partial charge is 0.412 e. The highest BCUT2D eigenvalue weighted by Crippen LogP contribution is 2.23. The Labute approximate surface area is 188 Å². The molecule has 0 saturated heterocycles. The topological polar surface area (TPSA) is 96.5 Å². The molecule has 0 bridgehead atoms. The van der Waals surface area contributed by atoms with E-state index < -0.39 is 23.4 Å². The van der Waals surface area contributed by atoms with Crippen molar-refractivity contribution in [3.05, 3.63) is 76.2 Å². The lowest BCUT2D eigenvalue weighted by Crippen LogP contribution is -2.27. The van der Waals surface area contributed by atoms with Gasteiger partial charge in [-0.15, -0.1) is 0 Å². The lowest BCUT2D eigenvalue weighted by molar-refractivity contribution is 0.0635. The first-order valence-electron chi connectivity index (χ1n) is 9.66. The Morgan fingerprint density at radius 3 is 2.34 bits per heavy atom. The third-order valence-electron chi connectivity index (χ3n) is 4.06. The van der Waals surface area contributed by atoms with Crippen molar-refractivity contribution in [1.29, 1.82) is 0 Å². The van der Waals surface area contributed by atoms with Gasteiger partial charge in [0.1, 0.15) is 11.4 Å². The normalized spacial score (nSPS) is 10.9. The number of carbonyl (C=O) groups is 3. The predicted octanol–water partition coefficient (Wildman–Crippen LogP) is 5.74. The van der Waals surface area contributed by atoms with Gasteiger partial charge < -0.3 is 15.4 Å². The Kier molecular flexibility index (Phi) is 6.89. The van der Waals surface area contributed by atoms with E-state index in [2.05, 4.69) is 16.0 Å². The first-order valence-corrected chi connectivity index (χ1v) is 10.6. The van der Waals surface area contributed by atoms with E-state index in [1.807, 2.05) is 0 Å². The molecule has 0 spiro atoms. The van der Waals surface area contributed by atoms with Crippen LogP contribution in [0.2, 0.25) is 0 Å². The Morgan fingerprint density at radius 2 is 1.66 bits per heavy atom.